The average Bonchev–Trinajstić information content (AvgIpc) is 3.56. The molecule has 0 atom stereocenters. The molecule has 10 nitrogen and oxygen atoms in total. The van der Waals surface area contributed by atoms with Crippen molar-refractivity contribution in [2.75, 3.05) is 36.5 Å². The Morgan fingerprint density at radius 2 is 2.12 bits per heavy atom. The Labute approximate surface area is 200 Å². The van der Waals surface area contributed by atoms with E-state index in [4.69, 9.17) is 15.1 Å². The van der Waals surface area contributed by atoms with Gasteiger partial charge in [0, 0.05) is 43.0 Å². The van der Waals surface area contributed by atoms with Crippen molar-refractivity contribution in [1.29, 1.82) is 5.26 Å². The lowest BCUT2D eigenvalue weighted by Crippen LogP contribution is -2.59. The largest absolute Gasteiger partial charge is 0.382 e. The number of anilines is 2. The second-order valence-corrected chi connectivity index (χ2v) is 10.1. The lowest BCUT2D eigenvalue weighted by atomic mass is 9.82. The summed E-state index contributed by atoms with van der Waals surface area (Å²) in [6.07, 6.45) is 3.41. The van der Waals surface area contributed by atoms with E-state index < -0.39 is 0 Å². The zero-order valence-corrected chi connectivity index (χ0v) is 19.6. The minimum atomic E-state index is 0.196. The number of rotatable bonds is 5. The third-order valence-corrected chi connectivity index (χ3v) is 7.15. The number of nitrogens with zero attached hydrogens (tertiary/aromatic N) is 7. The molecule has 0 aromatic carbocycles. The van der Waals surface area contributed by atoms with Crippen LogP contribution in [0.5, 0.6) is 0 Å². The van der Waals surface area contributed by atoms with E-state index in [-0.39, 0.29) is 11.5 Å². The maximum atomic E-state index is 9.15. The first-order valence-electron chi connectivity index (χ1n) is 11.1. The molecule has 2 aliphatic heterocycles. The first-order chi connectivity index (χ1) is 16.5. The Morgan fingerprint density at radius 1 is 1.24 bits per heavy atom. The van der Waals surface area contributed by atoms with Crippen molar-refractivity contribution in [2.45, 2.75) is 19.9 Å². The van der Waals surface area contributed by atoms with Crippen molar-refractivity contribution in [2.24, 2.45) is 5.41 Å². The molecule has 2 aliphatic rings. The van der Waals surface area contributed by atoms with Crippen molar-refractivity contribution in [3.63, 3.8) is 0 Å². The van der Waals surface area contributed by atoms with Crippen LogP contribution in [0.4, 0.5) is 10.8 Å². The second-order valence-electron chi connectivity index (χ2n) is 9.18. The highest BCUT2D eigenvalue weighted by atomic mass is 32.1. The molecular weight excluding hydrogens is 450 g/mol. The van der Waals surface area contributed by atoms with Crippen LogP contribution >= 0.6 is 11.3 Å². The lowest BCUT2D eigenvalue weighted by Gasteiger charge is -2.46. The average molecular weight is 474 g/mol. The molecule has 34 heavy (non-hydrogen) atoms. The molecule has 0 unspecified atom stereocenters. The molecule has 2 N–H and O–H groups in total. The van der Waals surface area contributed by atoms with Crippen LogP contribution in [-0.2, 0) is 4.84 Å². The van der Waals surface area contributed by atoms with Gasteiger partial charge in [0.2, 0.25) is 5.13 Å². The summed E-state index contributed by atoms with van der Waals surface area (Å²) in [5, 5.41) is 27.8. The fraction of sp³-hybridized carbons (Fsp3) is 0.348. The van der Waals surface area contributed by atoms with Gasteiger partial charge in [0.05, 0.1) is 40.8 Å². The number of fused-ring (bicyclic) bond motifs is 1. The number of pyridine rings is 1. The Morgan fingerprint density at radius 3 is 2.88 bits per heavy atom. The summed E-state index contributed by atoms with van der Waals surface area (Å²) in [4.78, 5) is 12.3. The minimum Gasteiger partial charge on any atom is -0.382 e. The highest BCUT2D eigenvalue weighted by molar-refractivity contribution is 7.18. The van der Waals surface area contributed by atoms with Crippen LogP contribution in [0, 0.1) is 16.7 Å². The smallest absolute Gasteiger partial charge is 0.208 e. The maximum Gasteiger partial charge on any atom is 0.208 e. The Kier molecular flexibility index (Phi) is 4.95. The van der Waals surface area contributed by atoms with Gasteiger partial charge < -0.3 is 15.1 Å². The van der Waals surface area contributed by atoms with E-state index in [1.165, 1.54) is 0 Å². The van der Waals surface area contributed by atoms with Crippen LogP contribution in [0.25, 0.3) is 27.5 Å². The van der Waals surface area contributed by atoms with Gasteiger partial charge in [-0.2, -0.15) is 10.4 Å². The summed E-state index contributed by atoms with van der Waals surface area (Å²) in [6, 6.07) is 10.1. The van der Waals surface area contributed by atoms with Crippen LogP contribution < -0.4 is 15.7 Å². The summed E-state index contributed by atoms with van der Waals surface area (Å²) in [7, 11) is 0. The van der Waals surface area contributed by atoms with E-state index in [9.17, 15) is 0 Å². The fourth-order valence-electron chi connectivity index (χ4n) is 4.46. The molecule has 4 aromatic rings. The molecule has 4 aromatic heterocycles. The van der Waals surface area contributed by atoms with Gasteiger partial charge >= 0.3 is 0 Å². The highest BCUT2D eigenvalue weighted by Crippen LogP contribution is 2.41. The molecule has 0 radical (unpaired) electrons. The Hall–Kier alpha value is -3.59. The van der Waals surface area contributed by atoms with Gasteiger partial charge in [-0.15, -0.1) is 10.2 Å². The SMILES string of the molecule is CC(C)Nc1cc(-c2ccc3cc(C#N)cnn23)ncc1-c1nnc(N2CC3(CNOC3)C2)s1. The Bertz CT molecular complexity index is 1410. The van der Waals surface area contributed by atoms with Crippen LogP contribution in [-0.4, -0.2) is 57.1 Å². The molecule has 0 aliphatic carbocycles. The predicted molar refractivity (Wildman–Crippen MR) is 129 cm³/mol. The van der Waals surface area contributed by atoms with Crippen LogP contribution in [0.2, 0.25) is 0 Å². The first-order valence-corrected chi connectivity index (χ1v) is 11.9. The van der Waals surface area contributed by atoms with Crippen molar-refractivity contribution in [3.05, 3.63) is 42.2 Å². The highest BCUT2D eigenvalue weighted by Gasteiger charge is 2.47. The fourth-order valence-corrected chi connectivity index (χ4v) is 5.33. The molecule has 1 spiro atoms. The number of hydroxylamine groups is 1. The predicted octanol–water partition coefficient (Wildman–Crippen LogP) is 2.95. The Balaban J connectivity index is 1.32. The second kappa shape index (κ2) is 8.02. The van der Waals surface area contributed by atoms with Gasteiger partial charge in [-0.25, -0.2) is 10.00 Å². The van der Waals surface area contributed by atoms with E-state index in [1.807, 2.05) is 30.5 Å². The van der Waals surface area contributed by atoms with Crippen LogP contribution in [0.1, 0.15) is 19.4 Å². The monoisotopic (exact) mass is 473 g/mol. The molecule has 2 saturated heterocycles. The molecule has 0 amide bonds. The van der Waals surface area contributed by atoms with Crippen molar-refractivity contribution in [3.8, 4) is 28.0 Å². The summed E-state index contributed by atoms with van der Waals surface area (Å²) in [6.45, 7) is 7.66. The minimum absolute atomic E-state index is 0.196. The zero-order valence-electron chi connectivity index (χ0n) is 18.8. The van der Waals surface area contributed by atoms with E-state index in [1.54, 1.807) is 22.0 Å². The van der Waals surface area contributed by atoms with E-state index in [2.05, 4.69) is 50.9 Å². The molecule has 6 heterocycles. The third-order valence-electron chi connectivity index (χ3n) is 6.14. The number of hydrogen-bond donors (Lipinski definition) is 2. The van der Waals surface area contributed by atoms with E-state index in [0.717, 1.165) is 64.5 Å². The van der Waals surface area contributed by atoms with Gasteiger partial charge in [-0.1, -0.05) is 11.3 Å². The first kappa shape index (κ1) is 21.0. The molecular formula is C23H23N9OS. The molecule has 11 heteroatoms. The van der Waals surface area contributed by atoms with Crippen LogP contribution in [0.15, 0.2) is 36.7 Å². The summed E-state index contributed by atoms with van der Waals surface area (Å²) in [5.41, 5.74) is 8.06. The topological polar surface area (TPSA) is 116 Å². The van der Waals surface area contributed by atoms with Gasteiger partial charge in [0.1, 0.15) is 6.07 Å². The molecule has 6 rings (SSSR count). The number of nitriles is 1. The lowest BCUT2D eigenvalue weighted by molar-refractivity contribution is 0.0774. The van der Waals surface area contributed by atoms with Gasteiger partial charge in [0.25, 0.3) is 0 Å². The summed E-state index contributed by atoms with van der Waals surface area (Å²) in [5.74, 6) is 0. The zero-order chi connectivity index (χ0) is 23.3. The summed E-state index contributed by atoms with van der Waals surface area (Å²) < 4.78 is 1.80. The van der Waals surface area contributed by atoms with Gasteiger partial charge in [-0.05, 0) is 38.1 Å². The number of aromatic nitrogens is 5. The van der Waals surface area contributed by atoms with Gasteiger partial charge in [-0.3, -0.25) is 4.98 Å². The third kappa shape index (κ3) is 3.56. The summed E-state index contributed by atoms with van der Waals surface area (Å²) >= 11 is 1.58. The number of nitrogens with one attached hydrogen (secondary N) is 2. The molecule has 2 fully saturated rings. The normalized spacial score (nSPS) is 16.8. The maximum absolute atomic E-state index is 9.15. The van der Waals surface area contributed by atoms with Crippen molar-refractivity contribution < 1.29 is 4.84 Å². The quantitative estimate of drug-likeness (QED) is 0.451. The van der Waals surface area contributed by atoms with Crippen molar-refractivity contribution in [1.82, 2.24) is 30.3 Å². The molecule has 0 bridgehead atoms. The molecule has 0 saturated carbocycles. The van der Waals surface area contributed by atoms with E-state index in [0.29, 0.717) is 5.56 Å². The standard InChI is InChI=1S/C23H23N9OS/c1-14(2)28-18-6-19(20-4-3-16-5-15(7-24)8-26-32(16)20)25-9-17(18)21-29-30-22(34-21)31-11-23(12-31)10-27-33-13-23/h3-6,8-9,14,27H,10-13H2,1-2H3,(H,25,28). The number of hydrogen-bond acceptors (Lipinski definition) is 10. The van der Waals surface area contributed by atoms with Crippen molar-refractivity contribution >= 4 is 27.7 Å². The van der Waals surface area contributed by atoms with E-state index >= 15 is 0 Å². The molecule has 172 valence electrons. The van der Waals surface area contributed by atoms with Gasteiger partial charge in [0.15, 0.2) is 5.01 Å². The van der Waals surface area contributed by atoms with Crippen LogP contribution in [0.3, 0.4) is 0 Å².